The molecule has 0 aliphatic carbocycles. The first-order chi connectivity index (χ1) is 5.92. The van der Waals surface area contributed by atoms with Crippen LogP contribution in [0.2, 0.25) is 0 Å². The van der Waals surface area contributed by atoms with Gasteiger partial charge in [-0.05, 0) is 0 Å². The van der Waals surface area contributed by atoms with Gasteiger partial charge in [0.25, 0.3) is 6.17 Å². The smallest absolute Gasteiger partial charge is 0.328 e. The summed E-state index contributed by atoms with van der Waals surface area (Å²) in [5.41, 5.74) is 0. The second-order valence-corrected chi connectivity index (χ2v) is 2.41. The zero-order valence-electron chi connectivity index (χ0n) is 6.73. The lowest BCUT2D eigenvalue weighted by molar-refractivity contribution is -0.390. The summed E-state index contributed by atoms with van der Waals surface area (Å²) in [4.78, 5) is 0. The molecule has 1 fully saturated rings. The minimum atomic E-state index is -5.06. The van der Waals surface area contributed by atoms with E-state index in [9.17, 15) is 17.6 Å². The van der Waals surface area contributed by atoms with E-state index in [-0.39, 0.29) is 13.2 Å². The number of rotatable bonds is 2. The first-order valence-corrected chi connectivity index (χ1v) is 3.46. The second kappa shape index (κ2) is 3.39. The minimum Gasteiger partial charge on any atom is -0.328 e. The Morgan fingerprint density at radius 3 is 2.08 bits per heavy atom. The maximum absolute atomic E-state index is 12.8. The van der Waals surface area contributed by atoms with E-state index in [2.05, 4.69) is 14.2 Å². The summed E-state index contributed by atoms with van der Waals surface area (Å²) in [5.74, 6) is -2.61. The van der Waals surface area contributed by atoms with Crippen LogP contribution >= 0.6 is 0 Å². The summed E-state index contributed by atoms with van der Waals surface area (Å²) in [7, 11) is 0.893. The van der Waals surface area contributed by atoms with E-state index < -0.39 is 18.3 Å². The summed E-state index contributed by atoms with van der Waals surface area (Å²) in [6, 6.07) is 0. The van der Waals surface area contributed by atoms with Gasteiger partial charge in [0, 0.05) is 7.11 Å². The monoisotopic (exact) mass is 204 g/mol. The molecule has 13 heavy (non-hydrogen) atoms. The lowest BCUT2D eigenvalue weighted by Crippen LogP contribution is -2.50. The van der Waals surface area contributed by atoms with E-state index in [1.165, 1.54) is 0 Å². The number of methoxy groups -OCH3 is 1. The van der Waals surface area contributed by atoms with E-state index in [1.54, 1.807) is 0 Å². The number of alkyl halides is 4. The van der Waals surface area contributed by atoms with Crippen molar-refractivity contribution in [3.8, 4) is 0 Å². The van der Waals surface area contributed by atoms with Gasteiger partial charge in [-0.2, -0.15) is 13.2 Å². The second-order valence-electron chi connectivity index (χ2n) is 2.41. The highest BCUT2D eigenvalue weighted by Crippen LogP contribution is 2.36. The fourth-order valence-electron chi connectivity index (χ4n) is 0.978. The van der Waals surface area contributed by atoms with Crippen LogP contribution in [0.1, 0.15) is 0 Å². The van der Waals surface area contributed by atoms with Crippen molar-refractivity contribution in [3.63, 3.8) is 0 Å². The average Bonchev–Trinajstić information content (AvgIpc) is 2.50. The minimum absolute atomic E-state index is 0.121. The third kappa shape index (κ3) is 1.92. The number of halogens is 4. The van der Waals surface area contributed by atoms with Crippen molar-refractivity contribution in [3.05, 3.63) is 0 Å². The Balaban J connectivity index is 2.76. The summed E-state index contributed by atoms with van der Waals surface area (Å²) in [6.07, 6.45) is -8.35. The lowest BCUT2D eigenvalue weighted by atomic mass is 10.3. The van der Waals surface area contributed by atoms with E-state index >= 15 is 0 Å². The molecule has 0 N–H and O–H groups in total. The van der Waals surface area contributed by atoms with E-state index in [4.69, 9.17) is 0 Å². The van der Waals surface area contributed by atoms with Crippen LogP contribution in [0, 0.1) is 0 Å². The van der Waals surface area contributed by atoms with Gasteiger partial charge < -0.3 is 14.2 Å². The number of hydrogen-bond donors (Lipinski definition) is 0. The van der Waals surface area contributed by atoms with Crippen molar-refractivity contribution in [1.29, 1.82) is 0 Å². The molecule has 1 aliphatic heterocycles. The van der Waals surface area contributed by atoms with Crippen LogP contribution in [-0.4, -0.2) is 38.6 Å². The molecular weight excluding hydrogens is 196 g/mol. The quantitative estimate of drug-likeness (QED) is 0.633. The molecular formula is C6H8F4O3. The van der Waals surface area contributed by atoms with E-state index in [0.29, 0.717) is 0 Å². The zero-order valence-corrected chi connectivity index (χ0v) is 6.73. The van der Waals surface area contributed by atoms with Crippen LogP contribution in [0.3, 0.4) is 0 Å². The van der Waals surface area contributed by atoms with Gasteiger partial charge in [0.05, 0.1) is 13.2 Å². The molecule has 7 heteroatoms. The van der Waals surface area contributed by atoms with E-state index in [0.717, 1.165) is 7.11 Å². The fourth-order valence-corrected chi connectivity index (χ4v) is 0.978. The SMILES string of the molecule is COC1(C(F)C(F)(F)F)OCCO1. The molecule has 1 aliphatic rings. The largest absolute Gasteiger partial charge is 0.427 e. The lowest BCUT2D eigenvalue weighted by Gasteiger charge is -2.29. The molecule has 0 bridgehead atoms. The Morgan fingerprint density at radius 1 is 1.31 bits per heavy atom. The molecule has 1 atom stereocenters. The van der Waals surface area contributed by atoms with Gasteiger partial charge in [0.1, 0.15) is 0 Å². The van der Waals surface area contributed by atoms with Gasteiger partial charge in [-0.25, -0.2) is 4.39 Å². The molecule has 1 saturated heterocycles. The molecule has 1 heterocycles. The third-order valence-corrected chi connectivity index (χ3v) is 1.57. The molecule has 78 valence electrons. The molecule has 0 aromatic rings. The van der Waals surface area contributed by atoms with Gasteiger partial charge in [-0.3, -0.25) is 0 Å². The summed E-state index contributed by atoms with van der Waals surface area (Å²) in [6.45, 7) is -0.241. The number of hydrogen-bond acceptors (Lipinski definition) is 3. The molecule has 0 spiro atoms. The van der Waals surface area contributed by atoms with Crippen LogP contribution < -0.4 is 0 Å². The predicted octanol–water partition coefficient (Wildman–Crippen LogP) is 1.23. The molecule has 0 amide bonds. The Bertz CT molecular complexity index is 175. The summed E-state index contributed by atoms with van der Waals surface area (Å²) < 4.78 is 61.6. The number of ether oxygens (including phenoxy) is 3. The first kappa shape index (κ1) is 10.7. The molecule has 0 aromatic carbocycles. The van der Waals surface area contributed by atoms with Crippen molar-refractivity contribution in [2.45, 2.75) is 18.3 Å². The highest BCUT2D eigenvalue weighted by molar-refractivity contribution is 4.80. The van der Waals surface area contributed by atoms with Crippen molar-refractivity contribution >= 4 is 0 Å². The molecule has 0 radical (unpaired) electrons. The molecule has 1 rings (SSSR count). The van der Waals surface area contributed by atoms with Gasteiger partial charge in [0.2, 0.25) is 0 Å². The maximum atomic E-state index is 12.8. The Morgan fingerprint density at radius 2 is 1.77 bits per heavy atom. The van der Waals surface area contributed by atoms with Crippen LogP contribution in [0.15, 0.2) is 0 Å². The van der Waals surface area contributed by atoms with Crippen molar-refractivity contribution in [1.82, 2.24) is 0 Å². The molecule has 0 saturated carbocycles. The zero-order chi connectivity index (χ0) is 10.1. The van der Waals surface area contributed by atoms with Crippen LogP contribution in [0.25, 0.3) is 0 Å². The van der Waals surface area contributed by atoms with Crippen LogP contribution in [0.4, 0.5) is 17.6 Å². The fraction of sp³-hybridized carbons (Fsp3) is 1.00. The van der Waals surface area contributed by atoms with Crippen LogP contribution in [0.5, 0.6) is 0 Å². The van der Waals surface area contributed by atoms with E-state index in [1.807, 2.05) is 0 Å². The first-order valence-electron chi connectivity index (χ1n) is 3.46. The van der Waals surface area contributed by atoms with Crippen molar-refractivity contribution < 1.29 is 31.8 Å². The average molecular weight is 204 g/mol. The highest BCUT2D eigenvalue weighted by atomic mass is 19.4. The molecule has 0 aromatic heterocycles. The normalized spacial score (nSPS) is 24.7. The topological polar surface area (TPSA) is 27.7 Å². The third-order valence-electron chi connectivity index (χ3n) is 1.57. The summed E-state index contributed by atoms with van der Waals surface area (Å²) in [5, 5.41) is 0. The van der Waals surface area contributed by atoms with Gasteiger partial charge in [0.15, 0.2) is 0 Å². The predicted molar refractivity (Wildman–Crippen MR) is 32.6 cm³/mol. The highest BCUT2D eigenvalue weighted by Gasteiger charge is 2.59. The Labute approximate surface area is 71.6 Å². The van der Waals surface area contributed by atoms with Gasteiger partial charge >= 0.3 is 12.1 Å². The summed E-state index contributed by atoms with van der Waals surface area (Å²) >= 11 is 0. The van der Waals surface area contributed by atoms with Gasteiger partial charge in [-0.15, -0.1) is 0 Å². The van der Waals surface area contributed by atoms with Crippen molar-refractivity contribution in [2.75, 3.05) is 20.3 Å². The molecule has 3 nitrogen and oxygen atoms in total. The van der Waals surface area contributed by atoms with Crippen LogP contribution in [-0.2, 0) is 14.2 Å². The standard InChI is InChI=1S/C6H8F4O3/c1-11-6(12-2-3-13-6)4(7)5(8,9)10/h4H,2-3H2,1H3. The van der Waals surface area contributed by atoms with Gasteiger partial charge in [-0.1, -0.05) is 0 Å². The Kier molecular flexibility index (Phi) is 2.79. The van der Waals surface area contributed by atoms with Crippen molar-refractivity contribution in [2.24, 2.45) is 0 Å². The Hall–Kier alpha value is -0.400. The molecule has 1 unspecified atom stereocenters. The maximum Gasteiger partial charge on any atom is 0.427 e.